The van der Waals surface area contributed by atoms with E-state index >= 15 is 0 Å². The zero-order chi connectivity index (χ0) is 13.9. The fraction of sp³-hybridized carbons (Fsp3) is 0.500. The van der Waals surface area contributed by atoms with Crippen LogP contribution in [0.2, 0.25) is 0 Å². The normalized spacial score (nSPS) is 18.0. The maximum atomic E-state index is 13.3. The molecule has 1 heterocycles. The number of aliphatic hydroxyl groups excluding tert-OH is 1. The third-order valence-corrected chi connectivity index (χ3v) is 3.26. The second-order valence-corrected chi connectivity index (χ2v) is 4.63. The SMILES string of the molecule is O=[N+]([O-])c1cc(F)cc(NC2(CO)CCOCC2)c1. The molecular weight excluding hydrogens is 255 g/mol. The number of benzene rings is 1. The number of nitro benzene ring substituents is 1. The van der Waals surface area contributed by atoms with E-state index in [9.17, 15) is 19.6 Å². The van der Waals surface area contributed by atoms with Gasteiger partial charge in [0.1, 0.15) is 5.82 Å². The summed E-state index contributed by atoms with van der Waals surface area (Å²) in [5, 5.41) is 23.2. The molecule has 1 saturated heterocycles. The van der Waals surface area contributed by atoms with E-state index in [4.69, 9.17) is 4.74 Å². The molecule has 0 spiro atoms. The molecule has 104 valence electrons. The Kier molecular flexibility index (Phi) is 3.96. The molecule has 0 radical (unpaired) electrons. The fourth-order valence-electron chi connectivity index (χ4n) is 2.14. The van der Waals surface area contributed by atoms with E-state index < -0.39 is 16.3 Å². The zero-order valence-electron chi connectivity index (χ0n) is 10.3. The van der Waals surface area contributed by atoms with Gasteiger partial charge in [0.15, 0.2) is 0 Å². The lowest BCUT2D eigenvalue weighted by Gasteiger charge is -2.37. The van der Waals surface area contributed by atoms with E-state index in [1.807, 2.05) is 0 Å². The lowest BCUT2D eigenvalue weighted by Crippen LogP contribution is -2.46. The molecule has 0 bridgehead atoms. The van der Waals surface area contributed by atoms with Gasteiger partial charge in [-0.2, -0.15) is 0 Å². The Morgan fingerprint density at radius 2 is 2.11 bits per heavy atom. The number of hydrogen-bond donors (Lipinski definition) is 2. The Hall–Kier alpha value is -1.73. The van der Waals surface area contributed by atoms with Crippen LogP contribution in [-0.2, 0) is 4.74 Å². The smallest absolute Gasteiger partial charge is 0.274 e. The molecule has 6 nitrogen and oxygen atoms in total. The summed E-state index contributed by atoms with van der Waals surface area (Å²) in [4.78, 5) is 10.0. The van der Waals surface area contributed by atoms with Crippen molar-refractivity contribution in [1.82, 2.24) is 0 Å². The molecule has 1 fully saturated rings. The van der Waals surface area contributed by atoms with Crippen LogP contribution >= 0.6 is 0 Å². The summed E-state index contributed by atoms with van der Waals surface area (Å²) in [6.45, 7) is 0.844. The number of halogens is 1. The minimum absolute atomic E-state index is 0.138. The maximum absolute atomic E-state index is 13.3. The van der Waals surface area contributed by atoms with Gasteiger partial charge in [0.2, 0.25) is 0 Å². The van der Waals surface area contributed by atoms with Crippen LogP contribution in [-0.4, -0.2) is 35.4 Å². The summed E-state index contributed by atoms with van der Waals surface area (Å²) in [6.07, 6.45) is 1.13. The highest BCUT2D eigenvalue weighted by Gasteiger charge is 2.32. The van der Waals surface area contributed by atoms with Crippen molar-refractivity contribution in [3.8, 4) is 0 Å². The van der Waals surface area contributed by atoms with Crippen LogP contribution in [0.5, 0.6) is 0 Å². The molecule has 19 heavy (non-hydrogen) atoms. The number of ether oxygens (including phenoxy) is 1. The molecule has 0 atom stereocenters. The Bertz CT molecular complexity index is 475. The van der Waals surface area contributed by atoms with E-state index in [1.54, 1.807) is 0 Å². The summed E-state index contributed by atoms with van der Waals surface area (Å²) in [6, 6.07) is 3.30. The highest BCUT2D eigenvalue weighted by Crippen LogP contribution is 2.28. The number of nitrogens with zero attached hydrogens (tertiary/aromatic N) is 1. The number of nitrogens with one attached hydrogen (secondary N) is 1. The Balaban J connectivity index is 2.23. The average Bonchev–Trinajstić information content (AvgIpc) is 2.39. The summed E-state index contributed by atoms with van der Waals surface area (Å²) < 4.78 is 18.6. The number of non-ortho nitro benzene ring substituents is 1. The van der Waals surface area contributed by atoms with Crippen molar-refractivity contribution in [2.75, 3.05) is 25.1 Å². The molecular formula is C12H15FN2O4. The first-order chi connectivity index (χ1) is 9.04. The average molecular weight is 270 g/mol. The van der Waals surface area contributed by atoms with E-state index in [2.05, 4.69) is 5.32 Å². The van der Waals surface area contributed by atoms with Crippen LogP contribution in [0.15, 0.2) is 18.2 Å². The number of nitro groups is 1. The number of aliphatic hydroxyl groups is 1. The molecule has 0 amide bonds. The number of hydrogen-bond acceptors (Lipinski definition) is 5. The van der Waals surface area contributed by atoms with Gasteiger partial charge >= 0.3 is 0 Å². The molecule has 7 heteroatoms. The lowest BCUT2D eigenvalue weighted by atomic mass is 9.90. The van der Waals surface area contributed by atoms with E-state index in [1.165, 1.54) is 12.1 Å². The van der Waals surface area contributed by atoms with Gasteiger partial charge in [0, 0.05) is 25.0 Å². The topological polar surface area (TPSA) is 84.6 Å². The van der Waals surface area contributed by atoms with Crippen molar-refractivity contribution in [2.24, 2.45) is 0 Å². The summed E-state index contributed by atoms with van der Waals surface area (Å²) in [5.41, 5.74) is -0.634. The molecule has 0 unspecified atom stereocenters. The molecule has 0 aliphatic carbocycles. The molecule has 2 rings (SSSR count). The molecule has 0 aromatic heterocycles. The summed E-state index contributed by atoms with van der Waals surface area (Å²) in [5.74, 6) is -0.683. The quantitative estimate of drug-likeness (QED) is 0.642. The van der Waals surface area contributed by atoms with Crippen molar-refractivity contribution in [2.45, 2.75) is 18.4 Å². The first-order valence-electron chi connectivity index (χ1n) is 5.96. The maximum Gasteiger partial charge on any atom is 0.274 e. The van der Waals surface area contributed by atoms with Crippen LogP contribution in [0.3, 0.4) is 0 Å². The van der Waals surface area contributed by atoms with E-state index in [0.29, 0.717) is 31.7 Å². The molecule has 2 N–H and O–H groups in total. The van der Waals surface area contributed by atoms with Gasteiger partial charge in [-0.15, -0.1) is 0 Å². The highest BCUT2D eigenvalue weighted by molar-refractivity contribution is 5.53. The monoisotopic (exact) mass is 270 g/mol. The predicted molar refractivity (Wildman–Crippen MR) is 66.5 cm³/mol. The number of rotatable bonds is 4. The molecule has 1 aromatic rings. The predicted octanol–water partition coefficient (Wildman–Crippen LogP) is 1.69. The molecule has 1 aromatic carbocycles. The second kappa shape index (κ2) is 5.50. The first-order valence-corrected chi connectivity index (χ1v) is 5.96. The largest absolute Gasteiger partial charge is 0.394 e. The van der Waals surface area contributed by atoms with Crippen molar-refractivity contribution in [1.29, 1.82) is 0 Å². The standard InChI is InChI=1S/C12H15FN2O4/c13-9-5-10(7-11(6-9)15(17)18)14-12(8-16)1-3-19-4-2-12/h5-7,14,16H,1-4,8H2. The van der Waals surface area contributed by atoms with Crippen molar-refractivity contribution in [3.05, 3.63) is 34.1 Å². The minimum atomic E-state index is -0.683. The Morgan fingerprint density at radius 1 is 1.42 bits per heavy atom. The first kappa shape index (κ1) is 13.7. The fourth-order valence-corrected chi connectivity index (χ4v) is 2.14. The van der Waals surface area contributed by atoms with Gasteiger partial charge in [-0.25, -0.2) is 4.39 Å². The van der Waals surface area contributed by atoms with Gasteiger partial charge in [0.25, 0.3) is 5.69 Å². The van der Waals surface area contributed by atoms with Gasteiger partial charge in [0.05, 0.1) is 23.1 Å². The molecule has 0 saturated carbocycles. The van der Waals surface area contributed by atoms with E-state index in [0.717, 1.165) is 6.07 Å². The third-order valence-electron chi connectivity index (χ3n) is 3.26. The van der Waals surface area contributed by atoms with Gasteiger partial charge in [-0.1, -0.05) is 0 Å². The van der Waals surface area contributed by atoms with Crippen LogP contribution in [0.1, 0.15) is 12.8 Å². The highest BCUT2D eigenvalue weighted by atomic mass is 19.1. The van der Waals surface area contributed by atoms with Crippen LogP contribution in [0.4, 0.5) is 15.8 Å². The summed E-state index contributed by atoms with van der Waals surface area (Å²) in [7, 11) is 0. The van der Waals surface area contributed by atoms with Crippen molar-refractivity contribution < 1.29 is 19.2 Å². The lowest BCUT2D eigenvalue weighted by molar-refractivity contribution is -0.385. The van der Waals surface area contributed by atoms with Crippen LogP contribution in [0, 0.1) is 15.9 Å². The van der Waals surface area contributed by atoms with Crippen LogP contribution < -0.4 is 5.32 Å². The van der Waals surface area contributed by atoms with Crippen molar-refractivity contribution in [3.63, 3.8) is 0 Å². The Labute approximate surface area is 109 Å². The third kappa shape index (κ3) is 3.18. The second-order valence-electron chi connectivity index (χ2n) is 4.63. The van der Waals surface area contributed by atoms with Crippen molar-refractivity contribution >= 4 is 11.4 Å². The van der Waals surface area contributed by atoms with Crippen LogP contribution in [0.25, 0.3) is 0 Å². The minimum Gasteiger partial charge on any atom is -0.394 e. The zero-order valence-corrected chi connectivity index (χ0v) is 10.3. The molecule has 1 aliphatic rings. The van der Waals surface area contributed by atoms with E-state index in [-0.39, 0.29) is 12.3 Å². The summed E-state index contributed by atoms with van der Waals surface area (Å²) >= 11 is 0. The number of anilines is 1. The molecule has 1 aliphatic heterocycles. The van der Waals surface area contributed by atoms with Gasteiger partial charge < -0.3 is 15.2 Å². The van der Waals surface area contributed by atoms with Gasteiger partial charge in [-0.3, -0.25) is 10.1 Å². The Morgan fingerprint density at radius 3 is 2.68 bits per heavy atom. The van der Waals surface area contributed by atoms with Gasteiger partial charge in [-0.05, 0) is 18.9 Å².